The minimum absolute atomic E-state index is 0.0551. The summed E-state index contributed by atoms with van der Waals surface area (Å²) < 4.78 is 5.80. The summed E-state index contributed by atoms with van der Waals surface area (Å²) >= 11 is 0. The molecule has 3 rings (SSSR count). The molecule has 24 heavy (non-hydrogen) atoms. The van der Waals surface area contributed by atoms with Gasteiger partial charge in [0.25, 0.3) is 0 Å². The Kier molecular flexibility index (Phi) is 5.22. The van der Waals surface area contributed by atoms with Crippen LogP contribution in [0.3, 0.4) is 0 Å². The smallest absolute Gasteiger partial charge is 0.338 e. The molecule has 0 aliphatic carbocycles. The molecule has 0 unspecified atom stereocenters. The third kappa shape index (κ3) is 4.42. The zero-order chi connectivity index (χ0) is 16.8. The number of hydrogen-bond donors (Lipinski definition) is 2. The average molecular weight is 328 g/mol. The van der Waals surface area contributed by atoms with E-state index < -0.39 is 5.97 Å². The van der Waals surface area contributed by atoms with Crippen molar-refractivity contribution in [1.82, 2.24) is 14.9 Å². The van der Waals surface area contributed by atoms with Crippen molar-refractivity contribution in [2.24, 2.45) is 0 Å². The maximum Gasteiger partial charge on any atom is 0.338 e. The fourth-order valence-corrected chi connectivity index (χ4v) is 2.59. The average Bonchev–Trinajstić information content (AvgIpc) is 3.09. The normalized spacial score (nSPS) is 14.5. The van der Waals surface area contributed by atoms with Gasteiger partial charge in [-0.2, -0.15) is 0 Å². The van der Waals surface area contributed by atoms with Crippen LogP contribution in [0.4, 0.5) is 11.6 Å². The van der Waals surface area contributed by atoms with Crippen LogP contribution in [0.15, 0.2) is 36.7 Å². The highest BCUT2D eigenvalue weighted by Gasteiger charge is 2.11. The molecule has 2 aromatic rings. The lowest BCUT2D eigenvalue weighted by Crippen LogP contribution is -2.25. The van der Waals surface area contributed by atoms with Crippen molar-refractivity contribution < 1.29 is 14.6 Å². The number of nitrogens with zero attached hydrogens (tertiary/aromatic N) is 3. The molecule has 1 aliphatic heterocycles. The first-order valence-corrected chi connectivity index (χ1v) is 7.98. The van der Waals surface area contributed by atoms with E-state index in [1.54, 1.807) is 0 Å². The number of carboxylic acid groups (broad SMARTS) is 1. The monoisotopic (exact) mass is 328 g/mol. The maximum absolute atomic E-state index is 10.8. The molecule has 1 aromatic heterocycles. The second-order valence-corrected chi connectivity index (χ2v) is 5.65. The summed E-state index contributed by atoms with van der Waals surface area (Å²) in [5, 5.41) is 11.9. The lowest BCUT2D eigenvalue weighted by molar-refractivity contribution is 0.0696. The van der Waals surface area contributed by atoms with Gasteiger partial charge in [-0.3, -0.25) is 4.90 Å². The van der Waals surface area contributed by atoms with Crippen molar-refractivity contribution in [3.63, 3.8) is 0 Å². The molecule has 7 nitrogen and oxygen atoms in total. The van der Waals surface area contributed by atoms with E-state index in [0.29, 0.717) is 12.6 Å². The van der Waals surface area contributed by atoms with Gasteiger partial charge in [0.15, 0.2) is 0 Å². The van der Waals surface area contributed by atoms with Crippen molar-refractivity contribution >= 4 is 17.6 Å². The largest absolute Gasteiger partial charge is 0.492 e. The summed E-state index contributed by atoms with van der Waals surface area (Å²) in [6.07, 6.45) is 5.10. The summed E-state index contributed by atoms with van der Waals surface area (Å²) in [5.74, 6) is 0.0746. The van der Waals surface area contributed by atoms with Crippen LogP contribution >= 0.6 is 0 Å². The molecule has 0 amide bonds. The molecule has 1 saturated heterocycles. The van der Waals surface area contributed by atoms with Gasteiger partial charge in [0.1, 0.15) is 12.4 Å². The van der Waals surface area contributed by atoms with E-state index >= 15 is 0 Å². The number of rotatable bonds is 7. The van der Waals surface area contributed by atoms with Crippen LogP contribution in [0.2, 0.25) is 0 Å². The molecule has 0 radical (unpaired) electrons. The molecule has 2 heterocycles. The van der Waals surface area contributed by atoms with E-state index in [1.165, 1.54) is 25.2 Å². The van der Waals surface area contributed by atoms with Crippen molar-refractivity contribution in [3.05, 3.63) is 42.2 Å². The Bertz CT molecular complexity index is 684. The lowest BCUT2D eigenvalue weighted by Gasteiger charge is -2.15. The maximum atomic E-state index is 10.8. The Hall–Kier alpha value is -2.67. The van der Waals surface area contributed by atoms with Crippen molar-refractivity contribution in [2.45, 2.75) is 12.8 Å². The molecule has 1 aromatic carbocycles. The zero-order valence-electron chi connectivity index (χ0n) is 13.3. The Morgan fingerprint density at radius 2 is 2.00 bits per heavy atom. The van der Waals surface area contributed by atoms with Gasteiger partial charge in [0.05, 0.1) is 5.56 Å². The Balaban J connectivity index is 1.55. The first-order valence-electron chi connectivity index (χ1n) is 7.98. The summed E-state index contributed by atoms with van der Waals surface area (Å²) in [6.45, 7) is 3.92. The van der Waals surface area contributed by atoms with Crippen LogP contribution in [-0.4, -0.2) is 52.2 Å². The van der Waals surface area contributed by atoms with Crippen molar-refractivity contribution in [2.75, 3.05) is 31.6 Å². The third-order valence-electron chi connectivity index (χ3n) is 3.86. The van der Waals surface area contributed by atoms with E-state index in [4.69, 9.17) is 9.84 Å². The van der Waals surface area contributed by atoms with Crippen LogP contribution < -0.4 is 10.1 Å². The SMILES string of the molecule is O=C(O)c1cnc(Nc2cccc(OCCN3CCCC3)c2)nc1. The van der Waals surface area contributed by atoms with Gasteiger partial charge in [-0.25, -0.2) is 14.8 Å². The summed E-state index contributed by atoms with van der Waals surface area (Å²) in [4.78, 5) is 21.2. The molecule has 1 aliphatic rings. The van der Waals surface area contributed by atoms with Gasteiger partial charge >= 0.3 is 5.97 Å². The van der Waals surface area contributed by atoms with E-state index in [-0.39, 0.29) is 5.56 Å². The third-order valence-corrected chi connectivity index (χ3v) is 3.86. The van der Waals surface area contributed by atoms with Gasteiger partial charge in [-0.15, -0.1) is 0 Å². The number of carbonyl (C=O) groups is 1. The first kappa shape index (κ1) is 16.2. The van der Waals surface area contributed by atoms with Gasteiger partial charge in [0.2, 0.25) is 5.95 Å². The molecular formula is C17H20N4O3. The fourth-order valence-electron chi connectivity index (χ4n) is 2.59. The number of ether oxygens (including phenoxy) is 1. The second-order valence-electron chi connectivity index (χ2n) is 5.65. The number of anilines is 2. The second kappa shape index (κ2) is 7.74. The summed E-state index contributed by atoms with van der Waals surface area (Å²) in [5.41, 5.74) is 0.844. The highest BCUT2D eigenvalue weighted by Crippen LogP contribution is 2.20. The van der Waals surface area contributed by atoms with Crippen molar-refractivity contribution in [1.29, 1.82) is 0 Å². The van der Waals surface area contributed by atoms with Crippen LogP contribution in [0, 0.1) is 0 Å². The highest BCUT2D eigenvalue weighted by molar-refractivity contribution is 5.86. The Morgan fingerprint density at radius 3 is 2.71 bits per heavy atom. The van der Waals surface area contributed by atoms with Crippen LogP contribution in [-0.2, 0) is 0 Å². The zero-order valence-corrected chi connectivity index (χ0v) is 13.3. The predicted octanol–water partition coefficient (Wildman–Crippen LogP) is 2.39. The molecule has 0 saturated carbocycles. The number of benzene rings is 1. The minimum Gasteiger partial charge on any atom is -0.492 e. The molecule has 1 fully saturated rings. The number of likely N-dealkylation sites (tertiary alicyclic amines) is 1. The molecule has 7 heteroatoms. The van der Waals surface area contributed by atoms with E-state index in [1.807, 2.05) is 24.3 Å². The standard InChI is InChI=1S/C17H20N4O3/c22-16(23)13-11-18-17(19-12-13)20-14-4-3-5-15(10-14)24-9-8-21-6-1-2-7-21/h3-5,10-12H,1-2,6-9H2,(H,22,23)(H,18,19,20). The minimum atomic E-state index is -1.05. The fraction of sp³-hybridized carbons (Fsp3) is 0.353. The highest BCUT2D eigenvalue weighted by atomic mass is 16.5. The molecular weight excluding hydrogens is 308 g/mol. The van der Waals surface area contributed by atoms with Gasteiger partial charge in [-0.1, -0.05) is 6.07 Å². The number of hydrogen-bond acceptors (Lipinski definition) is 6. The molecule has 2 N–H and O–H groups in total. The molecule has 0 atom stereocenters. The molecule has 126 valence electrons. The quantitative estimate of drug-likeness (QED) is 0.807. The van der Waals surface area contributed by atoms with E-state index in [2.05, 4.69) is 20.2 Å². The van der Waals surface area contributed by atoms with Gasteiger partial charge < -0.3 is 15.2 Å². The lowest BCUT2D eigenvalue weighted by atomic mass is 10.3. The number of aromatic carboxylic acids is 1. The van der Waals surface area contributed by atoms with E-state index in [9.17, 15) is 4.79 Å². The van der Waals surface area contributed by atoms with Crippen LogP contribution in [0.25, 0.3) is 0 Å². The Morgan fingerprint density at radius 1 is 1.25 bits per heavy atom. The Labute approximate surface area is 140 Å². The van der Waals surface area contributed by atoms with Crippen LogP contribution in [0.1, 0.15) is 23.2 Å². The topological polar surface area (TPSA) is 87.6 Å². The van der Waals surface area contributed by atoms with E-state index in [0.717, 1.165) is 31.1 Å². The van der Waals surface area contributed by atoms with Crippen LogP contribution in [0.5, 0.6) is 5.75 Å². The summed E-state index contributed by atoms with van der Waals surface area (Å²) in [6, 6.07) is 7.54. The van der Waals surface area contributed by atoms with Gasteiger partial charge in [0, 0.05) is 30.7 Å². The number of aromatic nitrogens is 2. The van der Waals surface area contributed by atoms with Crippen molar-refractivity contribution in [3.8, 4) is 5.75 Å². The first-order chi connectivity index (χ1) is 11.7. The molecule has 0 bridgehead atoms. The number of carboxylic acids is 1. The molecule has 0 spiro atoms. The number of nitrogens with one attached hydrogen (secondary N) is 1. The van der Waals surface area contributed by atoms with Gasteiger partial charge in [-0.05, 0) is 38.1 Å². The summed E-state index contributed by atoms with van der Waals surface area (Å²) in [7, 11) is 0. The predicted molar refractivity (Wildman–Crippen MR) is 89.9 cm³/mol.